The Labute approximate surface area is 210 Å². The molecule has 0 bridgehead atoms. The number of nitrogens with one attached hydrogen (secondary N) is 2. The van der Waals surface area contributed by atoms with Crippen molar-refractivity contribution in [3.05, 3.63) is 89.4 Å². The summed E-state index contributed by atoms with van der Waals surface area (Å²) in [6.07, 6.45) is 2.70. The van der Waals surface area contributed by atoms with E-state index in [1.54, 1.807) is 54.7 Å². The molecule has 3 amide bonds. The quantitative estimate of drug-likeness (QED) is 0.504. The molecule has 0 radical (unpaired) electrons. The number of piperidine rings is 1. The molecule has 0 spiro atoms. The molecular weight excluding hydrogens is 458 g/mol. The molecule has 1 fully saturated rings. The van der Waals surface area contributed by atoms with Gasteiger partial charge in [-0.05, 0) is 62.1 Å². The zero-order chi connectivity index (χ0) is 25.5. The van der Waals surface area contributed by atoms with Gasteiger partial charge in [-0.3, -0.25) is 14.4 Å². The number of hydrogen-bond acceptors (Lipinski definition) is 5. The first kappa shape index (κ1) is 25.0. The number of methoxy groups -OCH3 is 1. The van der Waals surface area contributed by atoms with Crippen molar-refractivity contribution in [2.75, 3.05) is 20.2 Å². The number of aryl methyl sites for hydroxylation is 1. The molecule has 1 saturated heterocycles. The van der Waals surface area contributed by atoms with Crippen molar-refractivity contribution >= 4 is 17.7 Å². The van der Waals surface area contributed by atoms with E-state index < -0.39 is 6.04 Å². The van der Waals surface area contributed by atoms with Gasteiger partial charge in [-0.25, -0.2) is 0 Å². The van der Waals surface area contributed by atoms with Gasteiger partial charge in [0, 0.05) is 18.7 Å². The Balaban J connectivity index is 1.45. The van der Waals surface area contributed by atoms with E-state index in [9.17, 15) is 14.4 Å². The molecule has 2 aromatic carbocycles. The summed E-state index contributed by atoms with van der Waals surface area (Å²) in [6, 6.07) is 17.2. The van der Waals surface area contributed by atoms with Gasteiger partial charge in [-0.1, -0.05) is 29.8 Å². The van der Waals surface area contributed by atoms with Gasteiger partial charge in [0.1, 0.15) is 17.6 Å². The minimum absolute atomic E-state index is 0.103. The number of carbonyl (C=O) groups is 3. The van der Waals surface area contributed by atoms with E-state index in [2.05, 4.69) is 10.6 Å². The lowest BCUT2D eigenvalue weighted by Crippen LogP contribution is -2.53. The molecule has 2 heterocycles. The lowest BCUT2D eigenvalue weighted by molar-refractivity contribution is -0.124. The number of rotatable bonds is 8. The van der Waals surface area contributed by atoms with Crippen molar-refractivity contribution in [1.29, 1.82) is 0 Å². The lowest BCUT2D eigenvalue weighted by Gasteiger charge is -2.36. The van der Waals surface area contributed by atoms with Crippen LogP contribution in [0.3, 0.4) is 0 Å². The maximum Gasteiger partial charge on any atom is 0.257 e. The Morgan fingerprint density at radius 1 is 1.06 bits per heavy atom. The normalized spacial score (nSPS) is 14.7. The second-order valence-corrected chi connectivity index (χ2v) is 8.95. The standard InChI is InChI=1S/C28H31N3O5/c1-19-7-5-8-21(17-19)26(32)30-25(27(33)29-18-22-9-6-16-36-22)20-12-14-31(15-13-20)28(34)23-10-3-4-11-24(23)35-2/h3-11,16-17,20,25H,12-15,18H2,1-2H3,(H,29,33)(H,30,32)/t25-/m1/s1. The van der Waals surface area contributed by atoms with E-state index in [1.165, 1.54) is 0 Å². The van der Waals surface area contributed by atoms with Crippen molar-refractivity contribution in [2.24, 2.45) is 5.92 Å². The van der Waals surface area contributed by atoms with Crippen LogP contribution in [0, 0.1) is 12.8 Å². The van der Waals surface area contributed by atoms with E-state index in [-0.39, 0.29) is 30.2 Å². The largest absolute Gasteiger partial charge is 0.496 e. The third kappa shape index (κ3) is 5.94. The van der Waals surface area contributed by atoms with Crippen LogP contribution in [-0.2, 0) is 11.3 Å². The van der Waals surface area contributed by atoms with E-state index in [4.69, 9.17) is 9.15 Å². The maximum absolute atomic E-state index is 13.2. The average Bonchev–Trinajstić information content (AvgIpc) is 3.44. The molecule has 1 atom stereocenters. The Bertz CT molecular complexity index is 1200. The van der Waals surface area contributed by atoms with Crippen molar-refractivity contribution in [3.63, 3.8) is 0 Å². The van der Waals surface area contributed by atoms with Crippen molar-refractivity contribution in [2.45, 2.75) is 32.4 Å². The highest BCUT2D eigenvalue weighted by Crippen LogP contribution is 2.26. The van der Waals surface area contributed by atoms with Crippen LogP contribution in [0.1, 0.15) is 44.9 Å². The summed E-state index contributed by atoms with van der Waals surface area (Å²) in [4.78, 5) is 41.1. The van der Waals surface area contributed by atoms with Crippen molar-refractivity contribution < 1.29 is 23.5 Å². The molecule has 1 aromatic heterocycles. The lowest BCUT2D eigenvalue weighted by atomic mass is 9.88. The van der Waals surface area contributed by atoms with Gasteiger partial charge in [0.2, 0.25) is 5.91 Å². The van der Waals surface area contributed by atoms with Crippen LogP contribution in [0.5, 0.6) is 5.75 Å². The summed E-state index contributed by atoms with van der Waals surface area (Å²) >= 11 is 0. The highest BCUT2D eigenvalue weighted by Gasteiger charge is 2.34. The third-order valence-corrected chi connectivity index (χ3v) is 6.50. The predicted molar refractivity (Wildman–Crippen MR) is 135 cm³/mol. The molecule has 188 valence electrons. The zero-order valence-electron chi connectivity index (χ0n) is 20.5. The minimum atomic E-state index is -0.739. The van der Waals surface area contributed by atoms with Crippen LogP contribution in [0.25, 0.3) is 0 Å². The summed E-state index contributed by atoms with van der Waals surface area (Å²) in [5, 5.41) is 5.83. The Hall–Kier alpha value is -4.07. The average molecular weight is 490 g/mol. The van der Waals surface area contributed by atoms with Gasteiger partial charge in [-0.15, -0.1) is 0 Å². The number of benzene rings is 2. The van der Waals surface area contributed by atoms with Gasteiger partial charge in [0.25, 0.3) is 11.8 Å². The van der Waals surface area contributed by atoms with Gasteiger partial charge < -0.3 is 24.7 Å². The molecule has 3 aromatic rings. The molecule has 1 aliphatic rings. The van der Waals surface area contributed by atoms with Gasteiger partial charge in [0.15, 0.2) is 0 Å². The SMILES string of the molecule is COc1ccccc1C(=O)N1CCC([C@@H](NC(=O)c2cccc(C)c2)C(=O)NCc2ccco2)CC1. The Kier molecular flexibility index (Phi) is 8.05. The van der Waals surface area contributed by atoms with Crippen LogP contribution >= 0.6 is 0 Å². The molecule has 36 heavy (non-hydrogen) atoms. The number of hydrogen-bond donors (Lipinski definition) is 2. The van der Waals surface area contributed by atoms with Crippen LogP contribution in [-0.4, -0.2) is 48.9 Å². The molecule has 8 heteroatoms. The van der Waals surface area contributed by atoms with Crippen LogP contribution in [0.2, 0.25) is 0 Å². The third-order valence-electron chi connectivity index (χ3n) is 6.50. The summed E-state index contributed by atoms with van der Waals surface area (Å²) < 4.78 is 10.7. The van der Waals surface area contributed by atoms with Gasteiger partial charge >= 0.3 is 0 Å². The number of nitrogens with zero attached hydrogens (tertiary/aromatic N) is 1. The van der Waals surface area contributed by atoms with Crippen molar-refractivity contribution in [1.82, 2.24) is 15.5 Å². The number of para-hydroxylation sites is 1. The van der Waals surface area contributed by atoms with E-state index >= 15 is 0 Å². The number of amides is 3. The summed E-state index contributed by atoms with van der Waals surface area (Å²) in [5.41, 5.74) is 1.98. The zero-order valence-corrected chi connectivity index (χ0v) is 20.5. The number of furan rings is 1. The van der Waals surface area contributed by atoms with Crippen molar-refractivity contribution in [3.8, 4) is 5.75 Å². The predicted octanol–water partition coefficient (Wildman–Crippen LogP) is 3.56. The van der Waals surface area contributed by atoms with Gasteiger partial charge in [0.05, 0.1) is 25.5 Å². The van der Waals surface area contributed by atoms with E-state index in [0.29, 0.717) is 48.6 Å². The molecule has 2 N–H and O–H groups in total. The highest BCUT2D eigenvalue weighted by atomic mass is 16.5. The summed E-state index contributed by atoms with van der Waals surface area (Å²) in [6.45, 7) is 3.10. The first-order valence-corrected chi connectivity index (χ1v) is 12.1. The number of ether oxygens (including phenoxy) is 1. The smallest absolute Gasteiger partial charge is 0.257 e. The Morgan fingerprint density at radius 3 is 2.53 bits per heavy atom. The van der Waals surface area contributed by atoms with E-state index in [1.807, 2.05) is 31.2 Å². The molecule has 0 saturated carbocycles. The van der Waals surface area contributed by atoms with Gasteiger partial charge in [-0.2, -0.15) is 0 Å². The number of carbonyl (C=O) groups excluding carboxylic acids is 3. The maximum atomic E-state index is 13.2. The topological polar surface area (TPSA) is 101 Å². The molecule has 1 aliphatic heterocycles. The van der Waals surface area contributed by atoms with E-state index in [0.717, 1.165) is 5.56 Å². The van der Waals surface area contributed by atoms with Crippen LogP contribution in [0.15, 0.2) is 71.3 Å². The first-order valence-electron chi connectivity index (χ1n) is 12.1. The highest BCUT2D eigenvalue weighted by molar-refractivity contribution is 5.98. The Morgan fingerprint density at radius 2 is 1.83 bits per heavy atom. The fourth-order valence-electron chi connectivity index (χ4n) is 4.53. The second kappa shape index (κ2) is 11.6. The summed E-state index contributed by atoms with van der Waals surface area (Å²) in [5.74, 6) is 0.353. The molecule has 4 rings (SSSR count). The fourth-order valence-corrected chi connectivity index (χ4v) is 4.53. The molecular formula is C28H31N3O5. The molecule has 8 nitrogen and oxygen atoms in total. The summed E-state index contributed by atoms with van der Waals surface area (Å²) in [7, 11) is 1.54. The first-order chi connectivity index (χ1) is 17.5. The second-order valence-electron chi connectivity index (χ2n) is 8.95. The monoisotopic (exact) mass is 489 g/mol. The fraction of sp³-hybridized carbons (Fsp3) is 0.321. The molecule has 0 aliphatic carbocycles. The van der Waals surface area contributed by atoms with Crippen LogP contribution in [0.4, 0.5) is 0 Å². The van der Waals surface area contributed by atoms with Crippen LogP contribution < -0.4 is 15.4 Å². The number of likely N-dealkylation sites (tertiary alicyclic amines) is 1. The molecule has 0 unspecified atom stereocenters. The minimum Gasteiger partial charge on any atom is -0.496 e.